The predicted molar refractivity (Wildman–Crippen MR) is 103 cm³/mol. The highest BCUT2D eigenvalue weighted by atomic mass is 32.2. The molecule has 4 aromatic heterocycles. The van der Waals surface area contributed by atoms with Crippen LogP contribution in [0.25, 0.3) is 10.6 Å². The summed E-state index contributed by atoms with van der Waals surface area (Å²) >= 11 is 6.89. The first-order chi connectivity index (χ1) is 11.9. The third-order valence-electron chi connectivity index (χ3n) is 3.43. The van der Waals surface area contributed by atoms with Crippen LogP contribution in [-0.2, 0) is 18.7 Å². The third-order valence-corrected chi connectivity index (χ3v) is 7.00. The maximum Gasteiger partial charge on any atom is 0.191 e. The quantitative estimate of drug-likeness (QED) is 0.414. The number of hydrogen-bond donors (Lipinski definition) is 0. The molecule has 0 aromatic carbocycles. The number of hydrogen-bond acceptors (Lipinski definition) is 7. The fourth-order valence-electron chi connectivity index (χ4n) is 2.23. The van der Waals surface area contributed by atoms with Gasteiger partial charge in [-0.3, -0.25) is 0 Å². The first-order valence-electron chi connectivity index (χ1n) is 7.38. The molecule has 4 heterocycles. The fourth-order valence-corrected chi connectivity index (χ4v) is 5.40. The monoisotopic (exact) mass is 390 g/mol. The molecular formula is C16H14N4S4. The molecule has 0 unspecified atom stereocenters. The van der Waals surface area contributed by atoms with Crippen LogP contribution in [0.5, 0.6) is 0 Å². The molecule has 122 valence electrons. The fraction of sp³-hybridized carbons (Fsp3) is 0.188. The third kappa shape index (κ3) is 3.77. The average molecular weight is 391 g/mol. The second-order valence-electron chi connectivity index (χ2n) is 5.08. The van der Waals surface area contributed by atoms with Crippen LogP contribution in [0.15, 0.2) is 51.2 Å². The molecule has 0 atom stereocenters. The van der Waals surface area contributed by atoms with E-state index in [4.69, 9.17) is 4.98 Å². The summed E-state index contributed by atoms with van der Waals surface area (Å²) in [5, 5.41) is 18.8. The molecule has 4 aromatic rings. The molecule has 0 amide bonds. The summed E-state index contributed by atoms with van der Waals surface area (Å²) in [4.78, 5) is 6.11. The van der Waals surface area contributed by atoms with Crippen molar-refractivity contribution >= 4 is 45.8 Å². The van der Waals surface area contributed by atoms with Crippen LogP contribution in [0, 0.1) is 0 Å². The van der Waals surface area contributed by atoms with Gasteiger partial charge in [0.15, 0.2) is 5.16 Å². The standard InChI is InChI=1S/C16H14N4S4/c1-2-14(22-6-1)3-5-20-11-17-19-16(20)24-10-13-9-23-15(18-13)12-4-7-21-8-12/h1-2,4,6-9,11H,3,5,10H2. The van der Waals surface area contributed by atoms with Crippen LogP contribution >= 0.6 is 45.8 Å². The van der Waals surface area contributed by atoms with Crippen molar-refractivity contribution in [1.82, 2.24) is 19.7 Å². The van der Waals surface area contributed by atoms with Crippen LogP contribution in [-0.4, -0.2) is 19.7 Å². The first-order valence-corrected chi connectivity index (χ1v) is 11.1. The number of nitrogens with zero attached hydrogens (tertiary/aromatic N) is 4. The zero-order valence-corrected chi connectivity index (χ0v) is 15.9. The summed E-state index contributed by atoms with van der Waals surface area (Å²) in [5.74, 6) is 0.818. The van der Waals surface area contributed by atoms with Gasteiger partial charge in [-0.2, -0.15) is 11.3 Å². The summed E-state index contributed by atoms with van der Waals surface area (Å²) in [7, 11) is 0. The number of thiazole rings is 1. The number of thioether (sulfide) groups is 1. The van der Waals surface area contributed by atoms with Gasteiger partial charge in [-0.25, -0.2) is 4.98 Å². The van der Waals surface area contributed by atoms with E-state index in [0.29, 0.717) is 0 Å². The van der Waals surface area contributed by atoms with Crippen molar-refractivity contribution in [2.24, 2.45) is 0 Å². The Kier molecular flexibility index (Phi) is 5.07. The maximum atomic E-state index is 4.72. The van der Waals surface area contributed by atoms with Gasteiger partial charge in [0.05, 0.1) is 5.69 Å². The molecule has 0 N–H and O–H groups in total. The highest BCUT2D eigenvalue weighted by Gasteiger charge is 2.09. The molecular weight excluding hydrogens is 376 g/mol. The lowest BCUT2D eigenvalue weighted by Gasteiger charge is -2.04. The van der Waals surface area contributed by atoms with Crippen LogP contribution in [0.4, 0.5) is 0 Å². The molecule has 0 aliphatic carbocycles. The van der Waals surface area contributed by atoms with Crippen molar-refractivity contribution in [3.8, 4) is 10.6 Å². The Hall–Kier alpha value is -1.48. The molecule has 0 saturated heterocycles. The van der Waals surface area contributed by atoms with E-state index in [1.165, 1.54) is 10.4 Å². The minimum atomic E-state index is 0.818. The summed E-state index contributed by atoms with van der Waals surface area (Å²) in [5.41, 5.74) is 2.30. The zero-order valence-electron chi connectivity index (χ0n) is 12.7. The summed E-state index contributed by atoms with van der Waals surface area (Å²) in [6.07, 6.45) is 2.83. The van der Waals surface area contributed by atoms with Crippen LogP contribution in [0.3, 0.4) is 0 Å². The lowest BCUT2D eigenvalue weighted by atomic mass is 10.3. The van der Waals surface area contributed by atoms with E-state index in [9.17, 15) is 0 Å². The van der Waals surface area contributed by atoms with Gasteiger partial charge in [0.2, 0.25) is 0 Å². The Labute approximate surface area is 156 Å². The molecule has 24 heavy (non-hydrogen) atoms. The maximum absolute atomic E-state index is 4.72. The van der Waals surface area contributed by atoms with Crippen molar-refractivity contribution in [3.05, 3.63) is 56.6 Å². The molecule has 4 rings (SSSR count). The highest BCUT2D eigenvalue weighted by molar-refractivity contribution is 7.98. The Balaban J connectivity index is 1.37. The van der Waals surface area contributed by atoms with E-state index in [-0.39, 0.29) is 0 Å². The van der Waals surface area contributed by atoms with Crippen LogP contribution in [0.2, 0.25) is 0 Å². The molecule has 0 spiro atoms. The van der Waals surface area contributed by atoms with Gasteiger partial charge in [0.25, 0.3) is 0 Å². The number of aromatic nitrogens is 4. The summed E-state index contributed by atoms with van der Waals surface area (Å²) in [6, 6.07) is 6.37. The van der Waals surface area contributed by atoms with E-state index in [1.807, 2.05) is 6.33 Å². The van der Waals surface area contributed by atoms with E-state index >= 15 is 0 Å². The Morgan fingerprint density at radius 3 is 2.96 bits per heavy atom. The molecule has 0 aliphatic rings. The Morgan fingerprint density at radius 2 is 2.12 bits per heavy atom. The molecule has 4 nitrogen and oxygen atoms in total. The average Bonchev–Trinajstić information content (AvgIpc) is 3.40. The normalized spacial score (nSPS) is 11.2. The van der Waals surface area contributed by atoms with Crippen molar-refractivity contribution < 1.29 is 0 Å². The van der Waals surface area contributed by atoms with Crippen molar-refractivity contribution in [2.45, 2.75) is 23.9 Å². The predicted octanol–water partition coefficient (Wildman–Crippen LogP) is 5.06. The summed E-state index contributed by atoms with van der Waals surface area (Å²) < 4.78 is 2.12. The zero-order chi connectivity index (χ0) is 16.2. The SMILES string of the molecule is c1csc(CCn2cnnc2SCc2csc(-c3ccsc3)n2)c1. The second kappa shape index (κ2) is 7.60. The van der Waals surface area contributed by atoms with E-state index in [2.05, 4.69) is 54.5 Å². The van der Waals surface area contributed by atoms with Gasteiger partial charge in [-0.05, 0) is 29.3 Å². The van der Waals surface area contributed by atoms with E-state index < -0.39 is 0 Å². The molecule has 0 fully saturated rings. The smallest absolute Gasteiger partial charge is 0.191 e. The first kappa shape index (κ1) is 16.0. The number of rotatable bonds is 7. The van der Waals surface area contributed by atoms with Gasteiger partial charge in [0.1, 0.15) is 11.3 Å². The molecule has 0 saturated carbocycles. The minimum absolute atomic E-state index is 0.818. The second-order valence-corrected chi connectivity index (χ2v) is 8.69. The largest absolute Gasteiger partial charge is 0.308 e. The highest BCUT2D eigenvalue weighted by Crippen LogP contribution is 2.28. The lowest BCUT2D eigenvalue weighted by Crippen LogP contribution is -2.01. The van der Waals surface area contributed by atoms with E-state index in [1.54, 1.807) is 45.8 Å². The van der Waals surface area contributed by atoms with Crippen molar-refractivity contribution in [1.29, 1.82) is 0 Å². The Morgan fingerprint density at radius 1 is 1.12 bits per heavy atom. The minimum Gasteiger partial charge on any atom is -0.308 e. The topological polar surface area (TPSA) is 43.6 Å². The van der Waals surface area contributed by atoms with Gasteiger partial charge >= 0.3 is 0 Å². The molecule has 0 aliphatic heterocycles. The van der Waals surface area contributed by atoms with Gasteiger partial charge in [-0.15, -0.1) is 32.9 Å². The number of thiophene rings is 2. The van der Waals surface area contributed by atoms with Crippen LogP contribution in [0.1, 0.15) is 10.6 Å². The van der Waals surface area contributed by atoms with Gasteiger partial charge < -0.3 is 4.57 Å². The summed E-state index contributed by atoms with van der Waals surface area (Å²) in [6.45, 7) is 0.910. The molecule has 8 heteroatoms. The van der Waals surface area contributed by atoms with Gasteiger partial charge in [-0.1, -0.05) is 17.8 Å². The van der Waals surface area contributed by atoms with E-state index in [0.717, 1.165) is 34.6 Å². The molecule has 0 radical (unpaired) electrons. The van der Waals surface area contributed by atoms with Crippen LogP contribution < -0.4 is 0 Å². The number of aryl methyl sites for hydroxylation is 2. The van der Waals surface area contributed by atoms with Crippen molar-refractivity contribution in [2.75, 3.05) is 0 Å². The lowest BCUT2D eigenvalue weighted by molar-refractivity contribution is 0.637. The van der Waals surface area contributed by atoms with Crippen molar-refractivity contribution in [3.63, 3.8) is 0 Å². The van der Waals surface area contributed by atoms with Gasteiger partial charge in [0, 0.05) is 33.5 Å². The molecule has 0 bridgehead atoms. The Bertz CT molecular complexity index is 877.